The average Bonchev–Trinajstić information content (AvgIpc) is 3.18. The van der Waals surface area contributed by atoms with Crippen LogP contribution in [0.4, 0.5) is 0 Å². The summed E-state index contributed by atoms with van der Waals surface area (Å²) in [4.78, 5) is 54.7. The van der Waals surface area contributed by atoms with Crippen molar-refractivity contribution < 1.29 is 81.6 Å². The van der Waals surface area contributed by atoms with E-state index < -0.39 is 47.5 Å². The lowest BCUT2D eigenvalue weighted by Crippen LogP contribution is -2.38. The zero-order valence-electron chi connectivity index (χ0n) is 31.3. The lowest BCUT2D eigenvalue weighted by Gasteiger charge is -2.32. The standard InChI is InChI=1S/C21H32O9.C16H26O8/c1-5-18(22)28-12-9-25-15-21(8-4,16-26-10-13-29-19(23)6-2)17-27-11-14-30-20(24)7-3;1-3-15(19)23-11-13(17)9-21-7-5-6-8-22-10-14(18)12-24-16(20)4-2/h5-7H,1-3,8-17H2,4H3;3-4,13-14,17-18H,1-2,5-12H2. The van der Waals surface area contributed by atoms with Gasteiger partial charge in [-0.3, -0.25) is 0 Å². The Morgan fingerprint density at radius 1 is 0.463 bits per heavy atom. The van der Waals surface area contributed by atoms with Gasteiger partial charge in [0, 0.05) is 49.0 Å². The quantitative estimate of drug-likeness (QED) is 0.0411. The highest BCUT2D eigenvalue weighted by molar-refractivity contribution is 5.82. The van der Waals surface area contributed by atoms with E-state index in [1.54, 1.807) is 0 Å². The van der Waals surface area contributed by atoms with E-state index in [9.17, 15) is 34.2 Å². The molecule has 2 atom stereocenters. The smallest absolute Gasteiger partial charge is 0.330 e. The number of unbranched alkanes of at least 4 members (excludes halogenated alkanes) is 1. The molecule has 2 N–H and O–H groups in total. The minimum atomic E-state index is -0.876. The molecule has 0 aliphatic rings. The number of aliphatic hydroxyl groups excluding tert-OH is 2. The van der Waals surface area contributed by atoms with Crippen molar-refractivity contribution in [1.82, 2.24) is 0 Å². The molecule has 0 radical (unpaired) electrons. The Kier molecular flexibility index (Phi) is 34.4. The maximum absolute atomic E-state index is 11.1. The van der Waals surface area contributed by atoms with Gasteiger partial charge in [0.2, 0.25) is 0 Å². The van der Waals surface area contributed by atoms with E-state index in [4.69, 9.17) is 37.9 Å². The molecule has 0 saturated heterocycles. The van der Waals surface area contributed by atoms with Crippen LogP contribution in [0.3, 0.4) is 0 Å². The molecule has 0 aromatic heterocycles. The monoisotopic (exact) mass is 774 g/mol. The summed E-state index contributed by atoms with van der Waals surface area (Å²) in [6, 6.07) is 0. The van der Waals surface area contributed by atoms with Gasteiger partial charge in [-0.05, 0) is 19.3 Å². The Labute approximate surface area is 317 Å². The number of hydrogen-bond acceptors (Lipinski definition) is 17. The Bertz CT molecular complexity index is 996. The van der Waals surface area contributed by atoms with E-state index in [2.05, 4.69) is 42.4 Å². The van der Waals surface area contributed by atoms with E-state index >= 15 is 0 Å². The lowest BCUT2D eigenvalue weighted by atomic mass is 9.88. The summed E-state index contributed by atoms with van der Waals surface area (Å²) in [5.41, 5.74) is -0.493. The summed E-state index contributed by atoms with van der Waals surface area (Å²) < 4.78 is 51.3. The van der Waals surface area contributed by atoms with Gasteiger partial charge in [-0.1, -0.05) is 39.8 Å². The zero-order valence-corrected chi connectivity index (χ0v) is 31.3. The Morgan fingerprint density at radius 3 is 1.04 bits per heavy atom. The van der Waals surface area contributed by atoms with Crippen LogP contribution < -0.4 is 0 Å². The second-order valence-corrected chi connectivity index (χ2v) is 11.0. The summed E-state index contributed by atoms with van der Waals surface area (Å²) in [6.45, 7) is 20.9. The van der Waals surface area contributed by atoms with Crippen LogP contribution in [0.25, 0.3) is 0 Å². The topological polar surface area (TPSA) is 218 Å². The lowest BCUT2D eigenvalue weighted by molar-refractivity contribution is -0.143. The molecule has 0 spiro atoms. The van der Waals surface area contributed by atoms with Gasteiger partial charge in [0.1, 0.15) is 45.2 Å². The summed E-state index contributed by atoms with van der Waals surface area (Å²) in [6.07, 6.45) is 5.61. The fraction of sp³-hybridized carbons (Fsp3) is 0.595. The molecule has 54 heavy (non-hydrogen) atoms. The van der Waals surface area contributed by atoms with Gasteiger partial charge in [0.25, 0.3) is 0 Å². The fourth-order valence-corrected chi connectivity index (χ4v) is 3.50. The molecule has 2 unspecified atom stereocenters. The van der Waals surface area contributed by atoms with E-state index in [-0.39, 0.29) is 85.9 Å². The van der Waals surface area contributed by atoms with Gasteiger partial charge in [-0.15, -0.1) is 0 Å². The highest BCUT2D eigenvalue weighted by Crippen LogP contribution is 2.24. The molecular weight excluding hydrogens is 716 g/mol. The highest BCUT2D eigenvalue weighted by atomic mass is 16.6. The maximum atomic E-state index is 11.1. The normalized spacial score (nSPS) is 11.7. The van der Waals surface area contributed by atoms with Crippen LogP contribution >= 0.6 is 0 Å². The van der Waals surface area contributed by atoms with Crippen molar-refractivity contribution in [1.29, 1.82) is 0 Å². The Morgan fingerprint density at radius 2 is 0.759 bits per heavy atom. The van der Waals surface area contributed by atoms with E-state index in [1.165, 1.54) is 0 Å². The fourth-order valence-electron chi connectivity index (χ4n) is 3.50. The van der Waals surface area contributed by atoms with Crippen molar-refractivity contribution in [2.75, 3.05) is 99.1 Å². The molecule has 308 valence electrons. The number of hydrogen-bond donors (Lipinski definition) is 2. The first-order chi connectivity index (χ1) is 25.9. The molecule has 0 aliphatic carbocycles. The summed E-state index contributed by atoms with van der Waals surface area (Å²) in [5.74, 6) is -2.74. The zero-order chi connectivity index (χ0) is 40.9. The van der Waals surface area contributed by atoms with Gasteiger partial charge >= 0.3 is 29.8 Å². The molecule has 0 aromatic carbocycles. The Balaban J connectivity index is 0. The van der Waals surface area contributed by atoms with Gasteiger partial charge in [-0.2, -0.15) is 0 Å². The second kappa shape index (κ2) is 35.8. The van der Waals surface area contributed by atoms with Crippen LogP contribution in [-0.2, 0) is 71.3 Å². The molecule has 17 nitrogen and oxygen atoms in total. The molecule has 0 heterocycles. The van der Waals surface area contributed by atoms with Crippen LogP contribution in [0.2, 0.25) is 0 Å². The third kappa shape index (κ3) is 32.4. The third-order valence-corrected chi connectivity index (χ3v) is 6.51. The first-order valence-electron chi connectivity index (χ1n) is 17.1. The molecule has 0 saturated carbocycles. The van der Waals surface area contributed by atoms with Gasteiger partial charge in [0.15, 0.2) is 0 Å². The maximum Gasteiger partial charge on any atom is 0.330 e. The SMILES string of the molecule is C=CC(=O)OCC(O)COCCCCOCC(O)COC(=O)C=C.C=CC(=O)OCCOCC(CC)(COCCOC(=O)C=C)COCCOC(=O)C=C. The van der Waals surface area contributed by atoms with Gasteiger partial charge in [0.05, 0.1) is 52.9 Å². The van der Waals surface area contributed by atoms with Crippen molar-refractivity contribution in [3.8, 4) is 0 Å². The average molecular weight is 775 g/mol. The van der Waals surface area contributed by atoms with Crippen LogP contribution in [0, 0.1) is 5.41 Å². The minimum Gasteiger partial charge on any atom is -0.460 e. The third-order valence-electron chi connectivity index (χ3n) is 6.51. The van der Waals surface area contributed by atoms with Crippen molar-refractivity contribution >= 4 is 29.8 Å². The number of esters is 5. The number of rotatable bonds is 34. The molecule has 0 bridgehead atoms. The molecule has 0 aliphatic heterocycles. The molecule has 0 fully saturated rings. The molecular formula is C37H58O17. The van der Waals surface area contributed by atoms with Crippen molar-refractivity contribution in [3.05, 3.63) is 63.3 Å². The second-order valence-electron chi connectivity index (χ2n) is 11.0. The molecule has 0 rings (SSSR count). The molecule has 0 amide bonds. The molecule has 17 heteroatoms. The predicted molar refractivity (Wildman–Crippen MR) is 194 cm³/mol. The van der Waals surface area contributed by atoms with Crippen molar-refractivity contribution in [3.63, 3.8) is 0 Å². The predicted octanol–water partition coefficient (Wildman–Crippen LogP) is 1.60. The Hall–Kier alpha value is -4.23. The van der Waals surface area contributed by atoms with E-state index in [0.717, 1.165) is 30.4 Å². The number of carbonyl (C=O) groups excluding carboxylic acids is 5. The number of ether oxygens (including phenoxy) is 10. The molecule has 0 aromatic rings. The van der Waals surface area contributed by atoms with Crippen LogP contribution in [0.5, 0.6) is 0 Å². The van der Waals surface area contributed by atoms with Crippen LogP contribution in [0.15, 0.2) is 63.3 Å². The number of aliphatic hydroxyl groups is 2. The van der Waals surface area contributed by atoms with E-state index in [1.807, 2.05) is 6.92 Å². The van der Waals surface area contributed by atoms with Crippen LogP contribution in [-0.4, -0.2) is 151 Å². The van der Waals surface area contributed by atoms with Gasteiger partial charge < -0.3 is 57.6 Å². The van der Waals surface area contributed by atoms with Gasteiger partial charge in [-0.25, -0.2) is 24.0 Å². The summed E-state index contributed by atoms with van der Waals surface area (Å²) in [7, 11) is 0. The minimum absolute atomic E-state index is 0.0681. The van der Waals surface area contributed by atoms with Crippen molar-refractivity contribution in [2.45, 2.75) is 38.4 Å². The van der Waals surface area contributed by atoms with Crippen LogP contribution in [0.1, 0.15) is 26.2 Å². The highest BCUT2D eigenvalue weighted by Gasteiger charge is 2.30. The summed E-state index contributed by atoms with van der Waals surface area (Å²) >= 11 is 0. The number of carbonyl (C=O) groups is 5. The van der Waals surface area contributed by atoms with E-state index in [0.29, 0.717) is 32.5 Å². The van der Waals surface area contributed by atoms with Crippen molar-refractivity contribution in [2.24, 2.45) is 5.41 Å². The first-order valence-corrected chi connectivity index (χ1v) is 17.1. The largest absolute Gasteiger partial charge is 0.460 e. The first kappa shape index (κ1) is 51.9. The summed E-state index contributed by atoms with van der Waals surface area (Å²) in [5, 5.41) is 18.9.